The molecule has 0 radical (unpaired) electrons. The van der Waals surface area contributed by atoms with Crippen molar-refractivity contribution in [1.29, 1.82) is 0 Å². The molecule has 1 heterocycles. The highest BCUT2D eigenvalue weighted by atomic mass is 15.1. The van der Waals surface area contributed by atoms with Crippen LogP contribution in [-0.2, 0) is 0 Å². The molecule has 0 aliphatic rings. The molecule has 1 aromatic heterocycles. The Morgan fingerprint density at radius 1 is 1.62 bits per heavy atom. The number of nitrogens with one attached hydrogen (secondary N) is 1. The summed E-state index contributed by atoms with van der Waals surface area (Å²) in [7, 11) is 1.93. The Kier molecular flexibility index (Phi) is 3.71. The van der Waals surface area contributed by atoms with Crippen LogP contribution in [0.1, 0.15) is 25.6 Å². The fourth-order valence-electron chi connectivity index (χ4n) is 1.17. The van der Waals surface area contributed by atoms with Crippen molar-refractivity contribution in [2.24, 2.45) is 0 Å². The standard InChI is InChI=1S/C10H17N3/c1-9(2)13-8-12-7-10(13)5-4-6-11-3/h4-5,7-9,11H,6H2,1-3H3. The average Bonchev–Trinajstić information content (AvgIpc) is 2.53. The normalized spacial score (nSPS) is 11.7. The van der Waals surface area contributed by atoms with Crippen LogP contribution in [0, 0.1) is 0 Å². The second-order valence-electron chi connectivity index (χ2n) is 3.28. The number of imidazole rings is 1. The van der Waals surface area contributed by atoms with E-state index in [1.807, 2.05) is 19.6 Å². The van der Waals surface area contributed by atoms with Gasteiger partial charge in [0.1, 0.15) is 0 Å². The van der Waals surface area contributed by atoms with E-state index in [1.54, 1.807) is 0 Å². The van der Waals surface area contributed by atoms with Crippen molar-refractivity contribution in [3.63, 3.8) is 0 Å². The molecule has 0 atom stereocenters. The molecule has 0 aliphatic carbocycles. The maximum Gasteiger partial charge on any atom is 0.0953 e. The number of likely N-dealkylation sites (N-methyl/N-ethyl adjacent to an activating group) is 1. The zero-order chi connectivity index (χ0) is 9.68. The highest BCUT2D eigenvalue weighted by Crippen LogP contribution is 2.09. The van der Waals surface area contributed by atoms with E-state index in [1.165, 1.54) is 0 Å². The van der Waals surface area contributed by atoms with Gasteiger partial charge in [0.25, 0.3) is 0 Å². The maximum atomic E-state index is 4.11. The predicted octanol–water partition coefficient (Wildman–Crippen LogP) is 1.70. The van der Waals surface area contributed by atoms with E-state index < -0.39 is 0 Å². The lowest BCUT2D eigenvalue weighted by molar-refractivity contribution is 0.595. The molecular formula is C10H17N3. The minimum atomic E-state index is 0.469. The number of aromatic nitrogens is 2. The molecule has 1 rings (SSSR count). The van der Waals surface area contributed by atoms with Gasteiger partial charge in [-0.05, 0) is 27.0 Å². The first-order chi connectivity index (χ1) is 6.25. The van der Waals surface area contributed by atoms with Gasteiger partial charge in [-0.25, -0.2) is 4.98 Å². The third kappa shape index (κ3) is 2.70. The third-order valence-electron chi connectivity index (χ3n) is 1.86. The molecule has 13 heavy (non-hydrogen) atoms. The second kappa shape index (κ2) is 4.82. The molecule has 0 aromatic carbocycles. The Labute approximate surface area is 79.5 Å². The highest BCUT2D eigenvalue weighted by molar-refractivity contribution is 5.44. The van der Waals surface area contributed by atoms with Gasteiger partial charge in [0, 0.05) is 12.6 Å². The Morgan fingerprint density at radius 2 is 2.38 bits per heavy atom. The minimum absolute atomic E-state index is 0.469. The Balaban J connectivity index is 2.70. The summed E-state index contributed by atoms with van der Waals surface area (Å²) in [5, 5.41) is 3.06. The summed E-state index contributed by atoms with van der Waals surface area (Å²) >= 11 is 0. The quantitative estimate of drug-likeness (QED) is 0.762. The molecule has 0 bridgehead atoms. The van der Waals surface area contributed by atoms with Gasteiger partial charge in [-0.3, -0.25) is 0 Å². The first-order valence-electron chi connectivity index (χ1n) is 4.58. The van der Waals surface area contributed by atoms with Crippen LogP contribution < -0.4 is 5.32 Å². The van der Waals surface area contributed by atoms with E-state index in [2.05, 4.69) is 40.9 Å². The predicted molar refractivity (Wildman–Crippen MR) is 55.6 cm³/mol. The second-order valence-corrected chi connectivity index (χ2v) is 3.28. The SMILES string of the molecule is CNCC=Cc1cncn1C(C)C. The van der Waals surface area contributed by atoms with Crippen LogP contribution in [0.3, 0.4) is 0 Å². The minimum Gasteiger partial charge on any atom is -0.329 e. The topological polar surface area (TPSA) is 29.9 Å². The first-order valence-corrected chi connectivity index (χ1v) is 4.58. The largest absolute Gasteiger partial charge is 0.329 e. The van der Waals surface area contributed by atoms with Gasteiger partial charge >= 0.3 is 0 Å². The summed E-state index contributed by atoms with van der Waals surface area (Å²) in [4.78, 5) is 4.11. The van der Waals surface area contributed by atoms with Gasteiger partial charge in [0.05, 0.1) is 18.2 Å². The van der Waals surface area contributed by atoms with Gasteiger partial charge in [0.2, 0.25) is 0 Å². The van der Waals surface area contributed by atoms with Crippen molar-refractivity contribution >= 4 is 6.08 Å². The first kappa shape index (κ1) is 9.99. The smallest absolute Gasteiger partial charge is 0.0953 e. The zero-order valence-corrected chi connectivity index (χ0v) is 8.49. The van der Waals surface area contributed by atoms with Crippen molar-refractivity contribution in [3.8, 4) is 0 Å². The Morgan fingerprint density at radius 3 is 3.00 bits per heavy atom. The van der Waals surface area contributed by atoms with E-state index in [4.69, 9.17) is 0 Å². The summed E-state index contributed by atoms with van der Waals surface area (Å²) in [6, 6.07) is 0.469. The molecule has 0 fully saturated rings. The van der Waals surface area contributed by atoms with Gasteiger partial charge in [0.15, 0.2) is 0 Å². The molecule has 0 unspecified atom stereocenters. The van der Waals surface area contributed by atoms with Crippen LogP contribution in [0.25, 0.3) is 6.08 Å². The van der Waals surface area contributed by atoms with E-state index in [0.29, 0.717) is 6.04 Å². The van der Waals surface area contributed by atoms with Crippen molar-refractivity contribution in [3.05, 3.63) is 24.3 Å². The summed E-state index contributed by atoms with van der Waals surface area (Å²) < 4.78 is 2.14. The molecule has 0 saturated heterocycles. The molecular weight excluding hydrogens is 162 g/mol. The van der Waals surface area contributed by atoms with Crippen LogP contribution in [-0.4, -0.2) is 23.1 Å². The summed E-state index contributed by atoms with van der Waals surface area (Å²) in [6.45, 7) is 5.19. The van der Waals surface area contributed by atoms with Crippen molar-refractivity contribution in [2.45, 2.75) is 19.9 Å². The molecule has 0 saturated carbocycles. The fourth-order valence-corrected chi connectivity index (χ4v) is 1.17. The van der Waals surface area contributed by atoms with Gasteiger partial charge in [-0.15, -0.1) is 0 Å². The van der Waals surface area contributed by atoms with Gasteiger partial charge in [-0.1, -0.05) is 6.08 Å². The summed E-state index contributed by atoms with van der Waals surface area (Å²) in [5.74, 6) is 0. The average molecular weight is 179 g/mol. The molecule has 0 aliphatic heterocycles. The molecule has 1 N–H and O–H groups in total. The lowest BCUT2D eigenvalue weighted by Crippen LogP contribution is -2.04. The van der Waals surface area contributed by atoms with Crippen LogP contribution in [0.15, 0.2) is 18.6 Å². The van der Waals surface area contributed by atoms with E-state index in [-0.39, 0.29) is 0 Å². The third-order valence-corrected chi connectivity index (χ3v) is 1.86. The zero-order valence-electron chi connectivity index (χ0n) is 8.49. The Bertz CT molecular complexity index is 273. The van der Waals surface area contributed by atoms with Crippen molar-refractivity contribution < 1.29 is 0 Å². The van der Waals surface area contributed by atoms with E-state index in [0.717, 1.165) is 12.2 Å². The lowest BCUT2D eigenvalue weighted by atomic mass is 10.3. The van der Waals surface area contributed by atoms with Crippen LogP contribution in [0.5, 0.6) is 0 Å². The molecule has 1 aromatic rings. The maximum absolute atomic E-state index is 4.11. The van der Waals surface area contributed by atoms with Crippen LogP contribution in [0.4, 0.5) is 0 Å². The monoisotopic (exact) mass is 179 g/mol. The van der Waals surface area contributed by atoms with E-state index >= 15 is 0 Å². The van der Waals surface area contributed by atoms with Crippen molar-refractivity contribution in [1.82, 2.24) is 14.9 Å². The molecule has 3 nitrogen and oxygen atoms in total. The molecule has 3 heteroatoms. The van der Waals surface area contributed by atoms with E-state index in [9.17, 15) is 0 Å². The molecule has 0 amide bonds. The molecule has 0 spiro atoms. The fraction of sp³-hybridized carbons (Fsp3) is 0.500. The van der Waals surface area contributed by atoms with Crippen molar-refractivity contribution in [2.75, 3.05) is 13.6 Å². The number of rotatable bonds is 4. The summed E-state index contributed by atoms with van der Waals surface area (Å²) in [6.07, 6.45) is 7.93. The van der Waals surface area contributed by atoms with Crippen LogP contribution in [0.2, 0.25) is 0 Å². The van der Waals surface area contributed by atoms with Gasteiger partial charge in [-0.2, -0.15) is 0 Å². The number of nitrogens with zero attached hydrogens (tertiary/aromatic N) is 2. The highest BCUT2D eigenvalue weighted by Gasteiger charge is 2.00. The lowest BCUT2D eigenvalue weighted by Gasteiger charge is -2.08. The summed E-state index contributed by atoms with van der Waals surface area (Å²) in [5.41, 5.74) is 1.16. The molecule has 72 valence electrons. The Hall–Kier alpha value is -1.09. The number of hydrogen-bond donors (Lipinski definition) is 1. The number of hydrogen-bond acceptors (Lipinski definition) is 2. The van der Waals surface area contributed by atoms with Crippen LogP contribution >= 0.6 is 0 Å². The van der Waals surface area contributed by atoms with Gasteiger partial charge < -0.3 is 9.88 Å².